The third kappa shape index (κ3) is 2.76. The maximum atomic E-state index is 12.8. The van der Waals surface area contributed by atoms with Gasteiger partial charge in [0.2, 0.25) is 0 Å². The van der Waals surface area contributed by atoms with Gasteiger partial charge in [-0.15, -0.1) is 0 Å². The molecule has 2 unspecified atom stereocenters. The van der Waals surface area contributed by atoms with E-state index in [2.05, 4.69) is 5.32 Å². The molecular formula is C12H24NO3P. The number of hydrogen-bond donors (Lipinski definition) is 1. The molecule has 0 aromatic carbocycles. The van der Waals surface area contributed by atoms with Crippen molar-refractivity contribution in [2.45, 2.75) is 38.8 Å². The van der Waals surface area contributed by atoms with E-state index in [1.165, 1.54) is 19.3 Å². The molecule has 1 N–H and O–H groups in total. The van der Waals surface area contributed by atoms with E-state index in [1.54, 1.807) is 0 Å². The molecule has 2 rings (SSSR count). The molecule has 1 heterocycles. The molecule has 0 bridgehead atoms. The molecule has 17 heavy (non-hydrogen) atoms. The topological polar surface area (TPSA) is 47.6 Å². The largest absolute Gasteiger partial charge is 0.335 e. The van der Waals surface area contributed by atoms with Crippen molar-refractivity contribution in [2.75, 3.05) is 26.3 Å². The van der Waals surface area contributed by atoms with Gasteiger partial charge in [0, 0.05) is 6.54 Å². The van der Waals surface area contributed by atoms with Crippen molar-refractivity contribution in [1.29, 1.82) is 0 Å². The molecule has 2 fully saturated rings. The van der Waals surface area contributed by atoms with E-state index in [1.807, 2.05) is 13.8 Å². The summed E-state index contributed by atoms with van der Waals surface area (Å²) in [7, 11) is -2.92. The lowest BCUT2D eigenvalue weighted by Gasteiger charge is -2.36. The average molecular weight is 261 g/mol. The molecule has 0 radical (unpaired) electrons. The van der Waals surface area contributed by atoms with Gasteiger partial charge in [0.25, 0.3) is 0 Å². The standard InChI is InChI=1S/C12H24NO3P/c1-3-15-17(14,16-4-2)12-9-13-8-11(12)10-6-5-7-10/h10-13H,3-9H2,1-2H3. The van der Waals surface area contributed by atoms with Crippen LogP contribution in [0.3, 0.4) is 0 Å². The van der Waals surface area contributed by atoms with Crippen molar-refractivity contribution in [3.63, 3.8) is 0 Å². The predicted octanol–water partition coefficient (Wildman–Crippen LogP) is 2.64. The van der Waals surface area contributed by atoms with Crippen LogP contribution in [0.1, 0.15) is 33.1 Å². The Balaban J connectivity index is 2.08. The Hall–Kier alpha value is 0.110. The maximum absolute atomic E-state index is 12.8. The third-order valence-electron chi connectivity index (χ3n) is 4.01. The molecular weight excluding hydrogens is 237 g/mol. The smallest absolute Gasteiger partial charge is 0.315 e. The Morgan fingerprint density at radius 3 is 2.29 bits per heavy atom. The zero-order chi connectivity index (χ0) is 12.3. The fourth-order valence-electron chi connectivity index (χ4n) is 2.97. The quantitative estimate of drug-likeness (QED) is 0.747. The summed E-state index contributed by atoms with van der Waals surface area (Å²) in [5, 5.41) is 3.36. The summed E-state index contributed by atoms with van der Waals surface area (Å²) in [5.41, 5.74) is 0.0627. The molecule has 4 nitrogen and oxygen atoms in total. The van der Waals surface area contributed by atoms with Gasteiger partial charge in [-0.25, -0.2) is 0 Å². The van der Waals surface area contributed by atoms with Gasteiger partial charge in [0.15, 0.2) is 0 Å². The molecule has 0 amide bonds. The van der Waals surface area contributed by atoms with Crippen LogP contribution >= 0.6 is 7.60 Å². The van der Waals surface area contributed by atoms with E-state index in [0.29, 0.717) is 19.1 Å². The summed E-state index contributed by atoms with van der Waals surface area (Å²) in [6.45, 7) is 6.44. The van der Waals surface area contributed by atoms with Gasteiger partial charge in [-0.3, -0.25) is 4.57 Å². The van der Waals surface area contributed by atoms with Crippen LogP contribution in [-0.4, -0.2) is 32.0 Å². The summed E-state index contributed by atoms with van der Waals surface area (Å²) < 4.78 is 23.8. The van der Waals surface area contributed by atoms with Crippen LogP contribution in [0.15, 0.2) is 0 Å². The van der Waals surface area contributed by atoms with Gasteiger partial charge < -0.3 is 14.4 Å². The summed E-state index contributed by atoms with van der Waals surface area (Å²) in [4.78, 5) is 0. The first-order valence-corrected chi connectivity index (χ1v) is 8.42. The minimum absolute atomic E-state index is 0.0627. The molecule has 0 aromatic heterocycles. The zero-order valence-electron chi connectivity index (χ0n) is 10.9. The summed E-state index contributed by atoms with van der Waals surface area (Å²) in [6, 6.07) is 0. The minimum Gasteiger partial charge on any atom is -0.315 e. The Morgan fingerprint density at radius 1 is 1.18 bits per heavy atom. The molecule has 100 valence electrons. The fraction of sp³-hybridized carbons (Fsp3) is 1.00. The second-order valence-electron chi connectivity index (χ2n) is 4.96. The highest BCUT2D eigenvalue weighted by Gasteiger charge is 2.47. The van der Waals surface area contributed by atoms with Gasteiger partial charge in [-0.1, -0.05) is 19.3 Å². The van der Waals surface area contributed by atoms with Crippen molar-refractivity contribution in [3.8, 4) is 0 Å². The van der Waals surface area contributed by atoms with E-state index in [4.69, 9.17) is 9.05 Å². The van der Waals surface area contributed by atoms with Gasteiger partial charge in [-0.05, 0) is 32.2 Å². The van der Waals surface area contributed by atoms with Crippen LogP contribution in [-0.2, 0) is 13.6 Å². The molecule has 1 saturated heterocycles. The molecule has 1 aliphatic heterocycles. The van der Waals surface area contributed by atoms with Gasteiger partial charge in [-0.2, -0.15) is 0 Å². The van der Waals surface area contributed by atoms with Crippen molar-refractivity contribution >= 4 is 7.60 Å². The first-order chi connectivity index (χ1) is 8.21. The first kappa shape index (κ1) is 13.5. The van der Waals surface area contributed by atoms with Crippen molar-refractivity contribution < 1.29 is 13.6 Å². The SMILES string of the molecule is CCOP(=O)(OCC)C1CNCC1C1CCC1. The highest BCUT2D eigenvalue weighted by molar-refractivity contribution is 7.54. The van der Waals surface area contributed by atoms with Gasteiger partial charge >= 0.3 is 7.60 Å². The van der Waals surface area contributed by atoms with Crippen LogP contribution in [0.5, 0.6) is 0 Å². The highest BCUT2D eigenvalue weighted by atomic mass is 31.2. The average Bonchev–Trinajstić information content (AvgIpc) is 2.65. The normalized spacial score (nSPS) is 30.5. The molecule has 1 aliphatic carbocycles. The van der Waals surface area contributed by atoms with Gasteiger partial charge in [0.05, 0.1) is 18.9 Å². The van der Waals surface area contributed by atoms with Gasteiger partial charge in [0.1, 0.15) is 0 Å². The van der Waals surface area contributed by atoms with Crippen LogP contribution in [0.2, 0.25) is 0 Å². The Kier molecular flexibility index (Phi) is 4.65. The monoisotopic (exact) mass is 261 g/mol. The second-order valence-corrected chi connectivity index (χ2v) is 7.22. The maximum Gasteiger partial charge on any atom is 0.335 e. The molecule has 0 spiro atoms. The highest BCUT2D eigenvalue weighted by Crippen LogP contribution is 2.58. The lowest BCUT2D eigenvalue weighted by Crippen LogP contribution is -2.32. The van der Waals surface area contributed by atoms with E-state index < -0.39 is 7.60 Å². The van der Waals surface area contributed by atoms with Crippen LogP contribution < -0.4 is 5.32 Å². The van der Waals surface area contributed by atoms with E-state index in [-0.39, 0.29) is 5.66 Å². The Morgan fingerprint density at radius 2 is 1.82 bits per heavy atom. The third-order valence-corrected chi connectivity index (χ3v) is 6.62. The van der Waals surface area contributed by atoms with Crippen molar-refractivity contribution in [1.82, 2.24) is 5.32 Å². The van der Waals surface area contributed by atoms with Crippen LogP contribution in [0.4, 0.5) is 0 Å². The van der Waals surface area contributed by atoms with Crippen molar-refractivity contribution in [3.05, 3.63) is 0 Å². The fourth-order valence-corrected chi connectivity index (χ4v) is 5.32. The van der Waals surface area contributed by atoms with E-state index in [0.717, 1.165) is 19.0 Å². The molecule has 5 heteroatoms. The first-order valence-electron chi connectivity index (χ1n) is 6.80. The number of hydrogen-bond acceptors (Lipinski definition) is 4. The Labute approximate surface area is 104 Å². The molecule has 1 saturated carbocycles. The van der Waals surface area contributed by atoms with Crippen molar-refractivity contribution in [2.24, 2.45) is 11.8 Å². The second kappa shape index (κ2) is 5.83. The number of nitrogens with one attached hydrogen (secondary N) is 1. The zero-order valence-corrected chi connectivity index (χ0v) is 11.7. The molecule has 2 aliphatic rings. The van der Waals surface area contributed by atoms with E-state index in [9.17, 15) is 4.57 Å². The van der Waals surface area contributed by atoms with Crippen LogP contribution in [0.25, 0.3) is 0 Å². The summed E-state index contributed by atoms with van der Waals surface area (Å²) in [5.74, 6) is 1.21. The molecule has 0 aromatic rings. The Bertz CT molecular complexity index is 283. The van der Waals surface area contributed by atoms with E-state index >= 15 is 0 Å². The summed E-state index contributed by atoms with van der Waals surface area (Å²) >= 11 is 0. The number of rotatable bonds is 6. The predicted molar refractivity (Wildman–Crippen MR) is 68.3 cm³/mol. The lowest BCUT2D eigenvalue weighted by atomic mass is 9.75. The summed E-state index contributed by atoms with van der Waals surface area (Å²) in [6.07, 6.45) is 3.88. The molecule has 2 atom stereocenters. The van der Waals surface area contributed by atoms with Crippen LogP contribution in [0, 0.1) is 11.8 Å². The minimum atomic E-state index is -2.92. The lowest BCUT2D eigenvalue weighted by molar-refractivity contribution is 0.178.